The highest BCUT2D eigenvalue weighted by Crippen LogP contribution is 2.23. The molecule has 0 fully saturated rings. The van der Waals surface area contributed by atoms with E-state index in [2.05, 4.69) is 17.2 Å². The fourth-order valence-electron chi connectivity index (χ4n) is 1.25. The lowest BCUT2D eigenvalue weighted by atomic mass is 10.3. The van der Waals surface area contributed by atoms with Crippen LogP contribution in [0.1, 0.15) is 13.8 Å². The van der Waals surface area contributed by atoms with E-state index in [0.717, 1.165) is 17.0 Å². The van der Waals surface area contributed by atoms with Crippen LogP contribution in [0.2, 0.25) is 0 Å². The van der Waals surface area contributed by atoms with Gasteiger partial charge in [0.1, 0.15) is 5.75 Å². The maximum absolute atomic E-state index is 5.50. The third kappa shape index (κ3) is 4.87. The molecule has 92 valence electrons. The second-order valence-electron chi connectivity index (χ2n) is 3.69. The molecule has 3 nitrogen and oxygen atoms in total. The van der Waals surface area contributed by atoms with Crippen molar-refractivity contribution in [1.29, 1.82) is 0 Å². The smallest absolute Gasteiger partial charge is 0.171 e. The first-order valence-corrected chi connectivity index (χ1v) is 5.95. The van der Waals surface area contributed by atoms with E-state index in [9.17, 15) is 0 Å². The van der Waals surface area contributed by atoms with E-state index in [-0.39, 0.29) is 0 Å². The summed E-state index contributed by atoms with van der Waals surface area (Å²) in [5.41, 5.74) is 1.90. The fourth-order valence-corrected chi connectivity index (χ4v) is 1.43. The molecule has 0 unspecified atom stereocenters. The third-order valence-electron chi connectivity index (χ3n) is 1.99. The first-order valence-electron chi connectivity index (χ1n) is 5.54. The number of para-hydroxylation sites is 2. The summed E-state index contributed by atoms with van der Waals surface area (Å²) in [7, 11) is 0. The number of thiocarbonyl (C=S) groups is 1. The van der Waals surface area contributed by atoms with Crippen molar-refractivity contribution in [2.75, 3.05) is 18.5 Å². The van der Waals surface area contributed by atoms with Gasteiger partial charge in [0.05, 0.1) is 12.3 Å². The third-order valence-corrected chi connectivity index (χ3v) is 2.23. The van der Waals surface area contributed by atoms with E-state index in [0.29, 0.717) is 18.3 Å². The SMILES string of the molecule is C=C(C)CNC(=S)Nc1ccccc1OCC. The Morgan fingerprint density at radius 1 is 1.41 bits per heavy atom. The number of nitrogens with one attached hydrogen (secondary N) is 2. The number of ether oxygens (including phenoxy) is 1. The Morgan fingerprint density at radius 2 is 2.12 bits per heavy atom. The molecule has 0 amide bonds. The Bertz CT molecular complexity index is 404. The minimum atomic E-state index is 0.570. The van der Waals surface area contributed by atoms with Crippen LogP contribution < -0.4 is 15.4 Å². The summed E-state index contributed by atoms with van der Waals surface area (Å²) < 4.78 is 5.50. The number of rotatable bonds is 5. The van der Waals surface area contributed by atoms with Crippen molar-refractivity contribution in [2.24, 2.45) is 0 Å². The molecular weight excluding hydrogens is 232 g/mol. The highest BCUT2D eigenvalue weighted by molar-refractivity contribution is 7.80. The van der Waals surface area contributed by atoms with Crippen molar-refractivity contribution in [1.82, 2.24) is 5.32 Å². The molecule has 0 saturated heterocycles. The van der Waals surface area contributed by atoms with Gasteiger partial charge in [-0.1, -0.05) is 24.3 Å². The standard InChI is InChI=1S/C13H18N2OS/c1-4-16-12-8-6-5-7-11(12)15-13(17)14-9-10(2)3/h5-8H,2,4,9H2,1,3H3,(H2,14,15,17). The molecule has 0 bridgehead atoms. The zero-order valence-electron chi connectivity index (χ0n) is 10.2. The summed E-state index contributed by atoms with van der Waals surface area (Å²) in [6.07, 6.45) is 0. The molecule has 2 N–H and O–H groups in total. The van der Waals surface area contributed by atoms with Crippen LogP contribution in [0.3, 0.4) is 0 Å². The lowest BCUT2D eigenvalue weighted by molar-refractivity contribution is 0.342. The summed E-state index contributed by atoms with van der Waals surface area (Å²) in [6, 6.07) is 7.71. The highest BCUT2D eigenvalue weighted by atomic mass is 32.1. The van der Waals surface area contributed by atoms with Crippen LogP contribution in [0.15, 0.2) is 36.4 Å². The van der Waals surface area contributed by atoms with Gasteiger partial charge in [0.25, 0.3) is 0 Å². The van der Waals surface area contributed by atoms with Gasteiger partial charge in [-0.15, -0.1) is 0 Å². The minimum Gasteiger partial charge on any atom is -0.492 e. The zero-order chi connectivity index (χ0) is 12.7. The molecule has 0 heterocycles. The molecule has 0 aliphatic carbocycles. The van der Waals surface area contributed by atoms with E-state index in [1.54, 1.807) is 0 Å². The minimum absolute atomic E-state index is 0.570. The van der Waals surface area contributed by atoms with Gasteiger partial charge in [-0.2, -0.15) is 0 Å². The van der Waals surface area contributed by atoms with Gasteiger partial charge in [0, 0.05) is 6.54 Å². The Balaban J connectivity index is 2.61. The van der Waals surface area contributed by atoms with Gasteiger partial charge in [0.2, 0.25) is 0 Å². The average molecular weight is 250 g/mol. The first kappa shape index (κ1) is 13.5. The van der Waals surface area contributed by atoms with Gasteiger partial charge in [-0.25, -0.2) is 0 Å². The fraction of sp³-hybridized carbons (Fsp3) is 0.308. The predicted octanol–water partition coefficient (Wildman–Crippen LogP) is 2.95. The topological polar surface area (TPSA) is 33.3 Å². The van der Waals surface area contributed by atoms with Crippen LogP contribution in [-0.2, 0) is 0 Å². The molecule has 4 heteroatoms. The highest BCUT2D eigenvalue weighted by Gasteiger charge is 2.03. The van der Waals surface area contributed by atoms with E-state index in [1.165, 1.54) is 0 Å². The molecule has 17 heavy (non-hydrogen) atoms. The summed E-state index contributed by atoms with van der Waals surface area (Å²) in [5.74, 6) is 0.800. The van der Waals surface area contributed by atoms with Gasteiger partial charge in [-0.05, 0) is 38.2 Å². The Morgan fingerprint density at radius 3 is 2.76 bits per heavy atom. The molecule has 0 atom stereocenters. The average Bonchev–Trinajstić information content (AvgIpc) is 2.29. The van der Waals surface area contributed by atoms with Crippen LogP contribution in [0, 0.1) is 0 Å². The largest absolute Gasteiger partial charge is 0.492 e. The molecular formula is C13H18N2OS. The Hall–Kier alpha value is -1.55. The maximum atomic E-state index is 5.50. The van der Waals surface area contributed by atoms with Crippen LogP contribution in [0.5, 0.6) is 5.75 Å². The monoisotopic (exact) mass is 250 g/mol. The lowest BCUT2D eigenvalue weighted by Gasteiger charge is -2.13. The summed E-state index contributed by atoms with van der Waals surface area (Å²) in [5, 5.41) is 6.74. The molecule has 0 aromatic heterocycles. The first-order chi connectivity index (χ1) is 8.13. The van der Waals surface area contributed by atoms with Gasteiger partial charge >= 0.3 is 0 Å². The van der Waals surface area contributed by atoms with Gasteiger partial charge in [0.15, 0.2) is 5.11 Å². The Kier molecular flexibility index (Phi) is 5.49. The van der Waals surface area contributed by atoms with Gasteiger partial charge in [-0.3, -0.25) is 0 Å². The maximum Gasteiger partial charge on any atom is 0.171 e. The summed E-state index contributed by atoms with van der Waals surface area (Å²) in [4.78, 5) is 0. The molecule has 1 rings (SSSR count). The van der Waals surface area contributed by atoms with Crippen LogP contribution in [0.25, 0.3) is 0 Å². The Labute approximate surface area is 108 Å². The van der Waals surface area contributed by atoms with Crippen LogP contribution >= 0.6 is 12.2 Å². The van der Waals surface area contributed by atoms with Crippen molar-refractivity contribution in [2.45, 2.75) is 13.8 Å². The van der Waals surface area contributed by atoms with Crippen molar-refractivity contribution < 1.29 is 4.74 Å². The molecule has 1 aromatic carbocycles. The van der Waals surface area contributed by atoms with Crippen LogP contribution in [0.4, 0.5) is 5.69 Å². The number of benzene rings is 1. The van der Waals surface area contributed by atoms with Crippen LogP contribution in [-0.4, -0.2) is 18.3 Å². The molecule has 0 spiro atoms. The molecule has 0 aliphatic heterocycles. The lowest BCUT2D eigenvalue weighted by Crippen LogP contribution is -2.29. The van der Waals surface area contributed by atoms with Crippen molar-refractivity contribution in [3.63, 3.8) is 0 Å². The summed E-state index contributed by atoms with van der Waals surface area (Å²) >= 11 is 5.18. The normalized spacial score (nSPS) is 9.53. The van der Waals surface area contributed by atoms with E-state index >= 15 is 0 Å². The molecule has 0 radical (unpaired) electrons. The molecule has 0 aliphatic rings. The number of hydrogen-bond acceptors (Lipinski definition) is 2. The van der Waals surface area contributed by atoms with Gasteiger partial charge < -0.3 is 15.4 Å². The number of anilines is 1. The zero-order valence-corrected chi connectivity index (χ0v) is 11.1. The van der Waals surface area contributed by atoms with E-state index in [4.69, 9.17) is 17.0 Å². The second-order valence-corrected chi connectivity index (χ2v) is 4.10. The molecule has 1 aromatic rings. The van der Waals surface area contributed by atoms with Crippen molar-refractivity contribution in [3.05, 3.63) is 36.4 Å². The van der Waals surface area contributed by atoms with Crippen molar-refractivity contribution in [3.8, 4) is 5.75 Å². The number of hydrogen-bond donors (Lipinski definition) is 2. The van der Waals surface area contributed by atoms with E-state index in [1.807, 2.05) is 38.1 Å². The quantitative estimate of drug-likeness (QED) is 0.622. The predicted molar refractivity (Wildman–Crippen MR) is 76.6 cm³/mol. The second kappa shape index (κ2) is 6.91. The van der Waals surface area contributed by atoms with Crippen molar-refractivity contribution >= 4 is 23.0 Å². The molecule has 0 saturated carbocycles. The van der Waals surface area contributed by atoms with E-state index < -0.39 is 0 Å². The summed E-state index contributed by atoms with van der Waals surface area (Å²) in [6.45, 7) is 9.01.